The summed E-state index contributed by atoms with van der Waals surface area (Å²) in [5.74, 6) is 0. The molecule has 0 aliphatic rings. The summed E-state index contributed by atoms with van der Waals surface area (Å²) in [6.45, 7) is 14.4. The lowest BCUT2D eigenvalue weighted by Crippen LogP contribution is -2.39. The molecular formula is C12H28N2O. The first-order chi connectivity index (χ1) is 7.05. The normalized spacial score (nSPS) is 12.4. The zero-order valence-electron chi connectivity index (χ0n) is 10.9. The van der Waals surface area contributed by atoms with E-state index >= 15 is 0 Å². The van der Waals surface area contributed by atoms with Crippen LogP contribution in [0.4, 0.5) is 0 Å². The molecule has 0 aliphatic heterocycles. The van der Waals surface area contributed by atoms with Gasteiger partial charge in [-0.3, -0.25) is 0 Å². The SMILES string of the molecule is CCOCCCN(CC)CC(C)(C)CN. The van der Waals surface area contributed by atoms with Gasteiger partial charge in [0.1, 0.15) is 0 Å². The smallest absolute Gasteiger partial charge is 0.0478 e. The van der Waals surface area contributed by atoms with Crippen molar-refractivity contribution in [2.45, 2.75) is 34.1 Å². The molecule has 92 valence electrons. The third-order valence-electron chi connectivity index (χ3n) is 2.62. The van der Waals surface area contributed by atoms with E-state index in [9.17, 15) is 0 Å². The second-order valence-corrected chi connectivity index (χ2v) is 4.79. The monoisotopic (exact) mass is 216 g/mol. The lowest BCUT2D eigenvalue weighted by atomic mass is 9.93. The molecule has 15 heavy (non-hydrogen) atoms. The van der Waals surface area contributed by atoms with Gasteiger partial charge in [0.25, 0.3) is 0 Å². The van der Waals surface area contributed by atoms with E-state index in [-0.39, 0.29) is 5.41 Å². The molecule has 0 spiro atoms. The molecule has 0 aromatic heterocycles. The number of rotatable bonds is 9. The predicted molar refractivity (Wildman–Crippen MR) is 66.1 cm³/mol. The van der Waals surface area contributed by atoms with Crippen molar-refractivity contribution in [2.24, 2.45) is 11.1 Å². The molecule has 0 aliphatic carbocycles. The zero-order chi connectivity index (χ0) is 11.7. The van der Waals surface area contributed by atoms with Crippen LogP contribution in [-0.4, -0.2) is 44.3 Å². The van der Waals surface area contributed by atoms with Gasteiger partial charge in [0.05, 0.1) is 0 Å². The lowest BCUT2D eigenvalue weighted by molar-refractivity contribution is 0.122. The molecule has 2 N–H and O–H groups in total. The van der Waals surface area contributed by atoms with Crippen molar-refractivity contribution in [3.8, 4) is 0 Å². The zero-order valence-corrected chi connectivity index (χ0v) is 10.9. The lowest BCUT2D eigenvalue weighted by Gasteiger charge is -2.30. The van der Waals surface area contributed by atoms with Gasteiger partial charge in [0.15, 0.2) is 0 Å². The van der Waals surface area contributed by atoms with Crippen molar-refractivity contribution in [1.82, 2.24) is 4.90 Å². The van der Waals surface area contributed by atoms with Crippen LogP contribution in [0.5, 0.6) is 0 Å². The molecule has 0 aromatic carbocycles. The van der Waals surface area contributed by atoms with Crippen LogP contribution in [0.15, 0.2) is 0 Å². The van der Waals surface area contributed by atoms with Crippen LogP contribution in [0.2, 0.25) is 0 Å². The van der Waals surface area contributed by atoms with Crippen molar-refractivity contribution >= 4 is 0 Å². The van der Waals surface area contributed by atoms with E-state index in [0.717, 1.165) is 45.8 Å². The number of ether oxygens (including phenoxy) is 1. The fourth-order valence-electron chi connectivity index (χ4n) is 1.55. The summed E-state index contributed by atoms with van der Waals surface area (Å²) in [6.07, 6.45) is 1.11. The average Bonchev–Trinajstić information content (AvgIpc) is 2.22. The van der Waals surface area contributed by atoms with Crippen LogP contribution in [0, 0.1) is 5.41 Å². The Morgan fingerprint density at radius 1 is 1.27 bits per heavy atom. The van der Waals surface area contributed by atoms with Crippen LogP contribution < -0.4 is 5.73 Å². The molecule has 0 unspecified atom stereocenters. The Hall–Kier alpha value is -0.120. The number of nitrogens with zero attached hydrogens (tertiary/aromatic N) is 1. The summed E-state index contributed by atoms with van der Waals surface area (Å²) in [6, 6.07) is 0. The predicted octanol–water partition coefficient (Wildman–Crippen LogP) is 1.72. The van der Waals surface area contributed by atoms with E-state index in [0.29, 0.717) is 0 Å². The summed E-state index contributed by atoms with van der Waals surface area (Å²) in [5.41, 5.74) is 5.96. The highest BCUT2D eigenvalue weighted by atomic mass is 16.5. The maximum Gasteiger partial charge on any atom is 0.0478 e. The largest absolute Gasteiger partial charge is 0.382 e. The van der Waals surface area contributed by atoms with Crippen molar-refractivity contribution < 1.29 is 4.74 Å². The van der Waals surface area contributed by atoms with Crippen molar-refractivity contribution in [3.63, 3.8) is 0 Å². The highest BCUT2D eigenvalue weighted by Crippen LogP contribution is 2.14. The van der Waals surface area contributed by atoms with Gasteiger partial charge < -0.3 is 15.4 Å². The van der Waals surface area contributed by atoms with Gasteiger partial charge in [-0.2, -0.15) is 0 Å². The fraction of sp³-hybridized carbons (Fsp3) is 1.00. The molecule has 0 fully saturated rings. The first kappa shape index (κ1) is 14.9. The molecule has 0 saturated carbocycles. The molecule has 0 aromatic rings. The highest BCUT2D eigenvalue weighted by molar-refractivity contribution is 4.74. The van der Waals surface area contributed by atoms with Gasteiger partial charge in [0, 0.05) is 26.3 Å². The Morgan fingerprint density at radius 2 is 1.93 bits per heavy atom. The Bertz CT molecular complexity index is 149. The minimum atomic E-state index is 0.224. The van der Waals surface area contributed by atoms with Crippen molar-refractivity contribution in [3.05, 3.63) is 0 Å². The van der Waals surface area contributed by atoms with E-state index in [4.69, 9.17) is 10.5 Å². The molecule has 0 radical (unpaired) electrons. The molecule has 0 rings (SSSR count). The van der Waals surface area contributed by atoms with Gasteiger partial charge in [-0.15, -0.1) is 0 Å². The molecular weight excluding hydrogens is 188 g/mol. The van der Waals surface area contributed by atoms with Crippen LogP contribution in [-0.2, 0) is 4.74 Å². The standard InChI is InChI=1S/C12H28N2O/c1-5-14(8-7-9-15-6-2)11-12(3,4)10-13/h5-11,13H2,1-4H3. The van der Waals surface area contributed by atoms with E-state index < -0.39 is 0 Å². The van der Waals surface area contributed by atoms with Crippen LogP contribution >= 0.6 is 0 Å². The van der Waals surface area contributed by atoms with Gasteiger partial charge in [-0.05, 0) is 31.8 Å². The first-order valence-electron chi connectivity index (χ1n) is 6.06. The van der Waals surface area contributed by atoms with Crippen molar-refractivity contribution in [1.29, 1.82) is 0 Å². The summed E-state index contributed by atoms with van der Waals surface area (Å²) >= 11 is 0. The first-order valence-corrected chi connectivity index (χ1v) is 6.06. The molecule has 0 bridgehead atoms. The minimum absolute atomic E-state index is 0.224. The summed E-state index contributed by atoms with van der Waals surface area (Å²) in [7, 11) is 0. The Labute approximate surface area is 95.0 Å². The highest BCUT2D eigenvalue weighted by Gasteiger charge is 2.18. The quantitative estimate of drug-likeness (QED) is 0.596. The average molecular weight is 216 g/mol. The topological polar surface area (TPSA) is 38.5 Å². The van der Waals surface area contributed by atoms with Gasteiger partial charge in [-0.25, -0.2) is 0 Å². The Kier molecular flexibility index (Phi) is 8.02. The minimum Gasteiger partial charge on any atom is -0.382 e. The van der Waals surface area contributed by atoms with Gasteiger partial charge in [0.2, 0.25) is 0 Å². The third kappa shape index (κ3) is 7.77. The Balaban J connectivity index is 3.72. The van der Waals surface area contributed by atoms with Crippen LogP contribution in [0.25, 0.3) is 0 Å². The van der Waals surface area contributed by atoms with E-state index in [1.165, 1.54) is 0 Å². The third-order valence-corrected chi connectivity index (χ3v) is 2.62. The maximum absolute atomic E-state index is 5.73. The Morgan fingerprint density at radius 3 is 2.40 bits per heavy atom. The fourth-order valence-corrected chi connectivity index (χ4v) is 1.55. The molecule has 3 heteroatoms. The number of hydrogen-bond donors (Lipinski definition) is 1. The number of hydrogen-bond acceptors (Lipinski definition) is 3. The summed E-state index contributed by atoms with van der Waals surface area (Å²) in [5, 5.41) is 0. The number of nitrogens with two attached hydrogens (primary N) is 1. The summed E-state index contributed by atoms with van der Waals surface area (Å²) < 4.78 is 5.33. The molecule has 0 amide bonds. The van der Waals surface area contributed by atoms with E-state index in [2.05, 4.69) is 25.7 Å². The van der Waals surface area contributed by atoms with Crippen LogP contribution in [0.3, 0.4) is 0 Å². The molecule has 0 saturated heterocycles. The molecule has 3 nitrogen and oxygen atoms in total. The second-order valence-electron chi connectivity index (χ2n) is 4.79. The van der Waals surface area contributed by atoms with Gasteiger partial charge in [-0.1, -0.05) is 20.8 Å². The van der Waals surface area contributed by atoms with Crippen LogP contribution in [0.1, 0.15) is 34.1 Å². The van der Waals surface area contributed by atoms with Gasteiger partial charge >= 0.3 is 0 Å². The van der Waals surface area contributed by atoms with Crippen molar-refractivity contribution in [2.75, 3.05) is 39.4 Å². The van der Waals surface area contributed by atoms with E-state index in [1.54, 1.807) is 0 Å². The molecule has 0 atom stereocenters. The summed E-state index contributed by atoms with van der Waals surface area (Å²) in [4.78, 5) is 2.45. The van der Waals surface area contributed by atoms with E-state index in [1.807, 2.05) is 6.92 Å². The maximum atomic E-state index is 5.73. The second kappa shape index (κ2) is 8.08. The molecule has 0 heterocycles.